The van der Waals surface area contributed by atoms with E-state index in [1.54, 1.807) is 12.1 Å². The van der Waals surface area contributed by atoms with Gasteiger partial charge in [0.2, 0.25) is 0 Å². The molecule has 0 bridgehead atoms. The summed E-state index contributed by atoms with van der Waals surface area (Å²) in [5.74, 6) is -3.39. The van der Waals surface area contributed by atoms with Crippen molar-refractivity contribution in [2.75, 3.05) is 13.7 Å². The summed E-state index contributed by atoms with van der Waals surface area (Å²) in [5.41, 5.74) is 2.22. The molecule has 4 N–H and O–H groups in total. The lowest BCUT2D eigenvalue weighted by molar-refractivity contribution is -0.123. The van der Waals surface area contributed by atoms with Gasteiger partial charge in [-0.3, -0.25) is 4.79 Å². The van der Waals surface area contributed by atoms with Crippen LogP contribution in [0.25, 0.3) is 10.8 Å². The molecule has 11 heteroatoms. The second-order valence-corrected chi connectivity index (χ2v) is 9.36. The molecule has 0 fully saturated rings. The number of aryl methyl sites for hydroxylation is 2. The molecule has 4 aromatic carbocycles. The summed E-state index contributed by atoms with van der Waals surface area (Å²) in [6.45, 7) is 4.10. The van der Waals surface area contributed by atoms with Crippen LogP contribution in [0.2, 0.25) is 0 Å². The van der Waals surface area contributed by atoms with Crippen LogP contribution in [0.4, 0.5) is 0 Å². The van der Waals surface area contributed by atoms with Crippen LogP contribution in [0.1, 0.15) is 43.0 Å². The number of esters is 2. The Hall–Kier alpha value is -5.58. The van der Waals surface area contributed by atoms with Gasteiger partial charge in [0.25, 0.3) is 5.91 Å². The van der Waals surface area contributed by atoms with Crippen LogP contribution >= 0.6 is 0 Å². The largest absolute Gasteiger partial charge is 0.507 e. The Bertz CT molecular complexity index is 1740. The van der Waals surface area contributed by atoms with Crippen LogP contribution in [0.5, 0.6) is 28.7 Å². The quantitative estimate of drug-likeness (QED) is 0.104. The molecule has 0 aliphatic rings. The molecule has 0 aliphatic heterocycles. The fourth-order valence-corrected chi connectivity index (χ4v) is 4.27. The first-order valence-electron chi connectivity index (χ1n) is 12.6. The second kappa shape index (κ2) is 12.3. The SMILES string of the molecule is COC(=O)c1c(C)cc(OC(=O)c2c(C)cc(O)c(/C=N/NC(=O)COc3ccc4ccccc4c3)c2O)c(C)c1O. The number of hydrazone groups is 1. The number of amides is 1. The summed E-state index contributed by atoms with van der Waals surface area (Å²) in [5, 5.41) is 37.4. The van der Waals surface area contributed by atoms with Crippen LogP contribution in [-0.4, -0.2) is 53.1 Å². The zero-order valence-electron chi connectivity index (χ0n) is 23.2. The number of carbonyl (C=O) groups is 3. The number of nitrogens with one attached hydrogen (secondary N) is 1. The highest BCUT2D eigenvalue weighted by Crippen LogP contribution is 2.37. The van der Waals surface area contributed by atoms with Gasteiger partial charge in [0.15, 0.2) is 6.61 Å². The summed E-state index contributed by atoms with van der Waals surface area (Å²) >= 11 is 0. The van der Waals surface area contributed by atoms with Gasteiger partial charge < -0.3 is 29.5 Å². The number of rotatable bonds is 8. The van der Waals surface area contributed by atoms with Gasteiger partial charge >= 0.3 is 11.9 Å². The van der Waals surface area contributed by atoms with Gasteiger partial charge in [0, 0.05) is 5.56 Å². The van der Waals surface area contributed by atoms with E-state index in [4.69, 9.17) is 9.47 Å². The van der Waals surface area contributed by atoms with Crippen molar-refractivity contribution in [3.05, 3.63) is 88.0 Å². The third-order valence-corrected chi connectivity index (χ3v) is 6.49. The first kappa shape index (κ1) is 29.4. The van der Waals surface area contributed by atoms with Crippen molar-refractivity contribution in [1.82, 2.24) is 5.43 Å². The molecule has 0 radical (unpaired) electrons. The molecule has 4 aromatic rings. The molecule has 0 spiro atoms. The molecule has 4 rings (SSSR count). The number of phenols is 3. The summed E-state index contributed by atoms with van der Waals surface area (Å²) in [4.78, 5) is 37.3. The van der Waals surface area contributed by atoms with E-state index in [0.717, 1.165) is 17.0 Å². The summed E-state index contributed by atoms with van der Waals surface area (Å²) in [7, 11) is 1.17. The van der Waals surface area contributed by atoms with Crippen LogP contribution in [0.15, 0.2) is 59.7 Å². The zero-order valence-corrected chi connectivity index (χ0v) is 23.2. The first-order chi connectivity index (χ1) is 20.0. The van der Waals surface area contributed by atoms with Gasteiger partial charge in [-0.05, 0) is 66.9 Å². The maximum Gasteiger partial charge on any atom is 0.347 e. The third-order valence-electron chi connectivity index (χ3n) is 6.49. The van der Waals surface area contributed by atoms with E-state index in [-0.39, 0.29) is 40.2 Å². The molecule has 0 saturated heterocycles. The van der Waals surface area contributed by atoms with Gasteiger partial charge in [0.05, 0.1) is 18.9 Å². The van der Waals surface area contributed by atoms with Crippen molar-refractivity contribution in [2.45, 2.75) is 20.8 Å². The Labute approximate surface area is 240 Å². The second-order valence-electron chi connectivity index (χ2n) is 9.36. The summed E-state index contributed by atoms with van der Waals surface area (Å²) in [6.07, 6.45) is 0.973. The van der Waals surface area contributed by atoms with Gasteiger partial charge in [0.1, 0.15) is 39.9 Å². The highest BCUT2D eigenvalue weighted by atomic mass is 16.5. The fraction of sp³-hybridized carbons (Fsp3) is 0.161. The number of ether oxygens (including phenoxy) is 3. The molecule has 0 heterocycles. The lowest BCUT2D eigenvalue weighted by atomic mass is 10.0. The van der Waals surface area contributed by atoms with E-state index >= 15 is 0 Å². The standard InChI is InChI=1S/C31H28N2O9/c1-16-11-23(34)22(14-32-33-25(35)15-41-21-10-9-19-7-5-6-8-20(19)13-21)29(37)27(16)31(39)42-24-12-17(2)26(30(38)40-4)28(36)18(24)3/h5-14,34,36-37H,15H2,1-4H3,(H,33,35)/b32-14+. The maximum absolute atomic E-state index is 13.1. The number of benzene rings is 4. The molecule has 11 nitrogen and oxygen atoms in total. The topological polar surface area (TPSA) is 164 Å². The number of hydrogen-bond donors (Lipinski definition) is 4. The molecule has 0 unspecified atom stereocenters. The minimum Gasteiger partial charge on any atom is -0.507 e. The van der Waals surface area contributed by atoms with Crippen LogP contribution in [0, 0.1) is 20.8 Å². The van der Waals surface area contributed by atoms with E-state index in [1.807, 2.05) is 30.3 Å². The predicted molar refractivity (Wildman–Crippen MR) is 154 cm³/mol. The van der Waals surface area contributed by atoms with Crippen molar-refractivity contribution in [2.24, 2.45) is 5.10 Å². The number of methoxy groups -OCH3 is 1. The van der Waals surface area contributed by atoms with E-state index in [0.29, 0.717) is 11.3 Å². The molecule has 0 atom stereocenters. The summed E-state index contributed by atoms with van der Waals surface area (Å²) < 4.78 is 15.6. The molecule has 216 valence electrons. The van der Waals surface area contributed by atoms with Crippen molar-refractivity contribution < 1.29 is 43.9 Å². The van der Waals surface area contributed by atoms with Crippen molar-refractivity contribution in [3.63, 3.8) is 0 Å². The number of nitrogens with zero attached hydrogens (tertiary/aromatic N) is 1. The smallest absolute Gasteiger partial charge is 0.347 e. The fourth-order valence-electron chi connectivity index (χ4n) is 4.27. The Morgan fingerprint density at radius 3 is 2.24 bits per heavy atom. The van der Waals surface area contributed by atoms with Crippen LogP contribution < -0.4 is 14.9 Å². The maximum atomic E-state index is 13.1. The normalized spacial score (nSPS) is 11.0. The van der Waals surface area contributed by atoms with Gasteiger partial charge in [-0.25, -0.2) is 15.0 Å². The average molecular weight is 573 g/mol. The molecular weight excluding hydrogens is 544 g/mol. The molecule has 0 aromatic heterocycles. The predicted octanol–water partition coefficient (Wildman–Crippen LogP) is 4.42. The van der Waals surface area contributed by atoms with E-state index in [1.165, 1.54) is 40.0 Å². The van der Waals surface area contributed by atoms with E-state index in [9.17, 15) is 29.7 Å². The highest BCUT2D eigenvalue weighted by molar-refractivity contribution is 6.01. The van der Waals surface area contributed by atoms with Crippen LogP contribution in [-0.2, 0) is 9.53 Å². The Balaban J connectivity index is 1.48. The third kappa shape index (κ3) is 6.09. The lowest BCUT2D eigenvalue weighted by Crippen LogP contribution is -2.24. The number of phenolic OH excluding ortho intramolecular Hbond substituents is 3. The summed E-state index contributed by atoms with van der Waals surface area (Å²) in [6, 6.07) is 15.7. The Morgan fingerprint density at radius 2 is 1.52 bits per heavy atom. The van der Waals surface area contributed by atoms with E-state index < -0.39 is 35.1 Å². The monoisotopic (exact) mass is 572 g/mol. The number of hydrogen-bond acceptors (Lipinski definition) is 10. The van der Waals surface area contributed by atoms with E-state index in [2.05, 4.69) is 15.3 Å². The Morgan fingerprint density at radius 1 is 0.857 bits per heavy atom. The molecule has 0 aliphatic carbocycles. The Kier molecular flexibility index (Phi) is 8.61. The zero-order chi connectivity index (χ0) is 30.6. The minimum absolute atomic E-state index is 0.0524. The lowest BCUT2D eigenvalue weighted by Gasteiger charge is -2.16. The highest BCUT2D eigenvalue weighted by Gasteiger charge is 2.25. The molecular formula is C31H28N2O9. The van der Waals surface area contributed by atoms with Gasteiger partial charge in [-0.1, -0.05) is 30.3 Å². The minimum atomic E-state index is -1.000. The van der Waals surface area contributed by atoms with Crippen LogP contribution in [0.3, 0.4) is 0 Å². The number of fused-ring (bicyclic) bond motifs is 1. The first-order valence-corrected chi connectivity index (χ1v) is 12.6. The molecule has 42 heavy (non-hydrogen) atoms. The molecule has 0 saturated carbocycles. The number of aromatic hydroxyl groups is 3. The van der Waals surface area contributed by atoms with Crippen molar-refractivity contribution in [3.8, 4) is 28.7 Å². The van der Waals surface area contributed by atoms with Crippen molar-refractivity contribution >= 4 is 34.8 Å². The van der Waals surface area contributed by atoms with Gasteiger partial charge in [-0.15, -0.1) is 0 Å². The number of carbonyl (C=O) groups excluding carboxylic acids is 3. The average Bonchev–Trinajstić information content (AvgIpc) is 2.96. The van der Waals surface area contributed by atoms with Gasteiger partial charge in [-0.2, -0.15) is 5.10 Å². The molecule has 1 amide bonds. The van der Waals surface area contributed by atoms with Crippen molar-refractivity contribution in [1.29, 1.82) is 0 Å².